The van der Waals surface area contributed by atoms with Crippen LogP contribution >= 0.6 is 43.5 Å². The number of nitrogen functional groups attached to an aromatic ring is 1. The average molecular weight is 504 g/mol. The van der Waals surface area contributed by atoms with Gasteiger partial charge < -0.3 is 15.2 Å². The van der Waals surface area contributed by atoms with Gasteiger partial charge in [0.1, 0.15) is 11.5 Å². The summed E-state index contributed by atoms with van der Waals surface area (Å²) in [6.07, 6.45) is 2.38. The molecule has 2 N–H and O–H groups in total. The first-order chi connectivity index (χ1) is 12.4. The number of aldehydes is 1. The van der Waals surface area contributed by atoms with Gasteiger partial charge in [-0.15, -0.1) is 0 Å². The van der Waals surface area contributed by atoms with Gasteiger partial charge in [0.05, 0.1) is 28.7 Å². The molecule has 0 spiro atoms. The number of methoxy groups -OCH3 is 2. The van der Waals surface area contributed by atoms with Crippen molar-refractivity contribution < 1.29 is 14.3 Å². The van der Waals surface area contributed by atoms with Crippen molar-refractivity contribution in [2.24, 2.45) is 0 Å². The molecule has 0 fully saturated rings. The first-order valence-electron chi connectivity index (χ1n) is 7.13. The van der Waals surface area contributed by atoms with Crippen LogP contribution in [-0.4, -0.2) is 30.5 Å². The zero-order valence-corrected chi connectivity index (χ0v) is 17.7. The summed E-state index contributed by atoms with van der Waals surface area (Å²) in [6.45, 7) is 0. The summed E-state index contributed by atoms with van der Waals surface area (Å²) < 4.78 is 11.7. The summed E-state index contributed by atoms with van der Waals surface area (Å²) in [6, 6.07) is 6.94. The van der Waals surface area contributed by atoms with Crippen LogP contribution in [0.25, 0.3) is 10.9 Å². The smallest absolute Gasteiger partial charge is 0.222 e. The molecule has 0 bridgehead atoms. The number of nitrogens with two attached hydrogens (primary N) is 1. The van der Waals surface area contributed by atoms with Gasteiger partial charge in [0.2, 0.25) is 5.28 Å². The molecular weight excluding hydrogens is 489 g/mol. The minimum atomic E-state index is 0.238. The van der Waals surface area contributed by atoms with E-state index in [1.54, 1.807) is 32.5 Å². The molecule has 0 radical (unpaired) electrons. The molecule has 1 aromatic heterocycles. The predicted molar refractivity (Wildman–Crippen MR) is 109 cm³/mol. The molecule has 6 nitrogen and oxygen atoms in total. The first kappa shape index (κ1) is 20.4. The van der Waals surface area contributed by atoms with Crippen LogP contribution in [0.15, 0.2) is 39.4 Å². The summed E-state index contributed by atoms with van der Waals surface area (Å²) in [4.78, 5) is 18.4. The van der Waals surface area contributed by atoms with Crippen LogP contribution in [0.2, 0.25) is 5.28 Å². The number of carbonyl (C=O) groups is 1. The maximum atomic E-state index is 10.4. The third kappa shape index (κ3) is 4.84. The maximum absolute atomic E-state index is 10.4. The lowest BCUT2D eigenvalue weighted by atomic mass is 10.2. The third-order valence-electron chi connectivity index (χ3n) is 3.31. The van der Waals surface area contributed by atoms with Gasteiger partial charge in [-0.25, -0.2) is 9.97 Å². The molecule has 136 valence electrons. The van der Waals surface area contributed by atoms with Gasteiger partial charge in [-0.1, -0.05) is 0 Å². The molecule has 1 heterocycles. The maximum Gasteiger partial charge on any atom is 0.222 e. The number of benzene rings is 2. The number of rotatable bonds is 3. The van der Waals surface area contributed by atoms with Gasteiger partial charge in [0.25, 0.3) is 0 Å². The van der Waals surface area contributed by atoms with Crippen molar-refractivity contribution in [1.29, 1.82) is 0 Å². The van der Waals surface area contributed by atoms with E-state index in [9.17, 15) is 4.79 Å². The lowest BCUT2D eigenvalue weighted by molar-refractivity contribution is 0.112. The van der Waals surface area contributed by atoms with Crippen LogP contribution in [0, 0.1) is 0 Å². The Morgan fingerprint density at radius 1 is 1.08 bits per heavy atom. The molecule has 0 saturated heterocycles. The van der Waals surface area contributed by atoms with Gasteiger partial charge in [0.15, 0.2) is 6.29 Å². The van der Waals surface area contributed by atoms with E-state index >= 15 is 0 Å². The number of carbonyl (C=O) groups excluding carboxylic acids is 1. The molecule has 9 heteroatoms. The fraction of sp³-hybridized carbons (Fsp3) is 0.118. The van der Waals surface area contributed by atoms with E-state index in [0.717, 1.165) is 25.6 Å². The Bertz CT molecular complexity index is 954. The SMILES string of the molecule is COc1cc(N)c(C=O)cc1Br.COc1cc2nc(Cl)ncc2cc1Br. The van der Waals surface area contributed by atoms with E-state index < -0.39 is 0 Å². The van der Waals surface area contributed by atoms with Crippen LogP contribution in [0.4, 0.5) is 5.69 Å². The molecular formula is C17H14Br2ClN3O3. The minimum absolute atomic E-state index is 0.238. The van der Waals surface area contributed by atoms with Gasteiger partial charge >= 0.3 is 0 Å². The van der Waals surface area contributed by atoms with E-state index in [1.807, 2.05) is 12.1 Å². The summed E-state index contributed by atoms with van der Waals surface area (Å²) in [5.74, 6) is 1.35. The van der Waals surface area contributed by atoms with E-state index in [-0.39, 0.29) is 5.28 Å². The quantitative estimate of drug-likeness (QED) is 0.311. The highest BCUT2D eigenvalue weighted by atomic mass is 79.9. The Labute approximate surface area is 171 Å². The van der Waals surface area contributed by atoms with E-state index in [2.05, 4.69) is 41.8 Å². The predicted octanol–water partition coefficient (Wildman–Crippen LogP) is 4.91. The Hall–Kier alpha value is -1.90. The highest BCUT2D eigenvalue weighted by Crippen LogP contribution is 2.30. The van der Waals surface area contributed by atoms with Crippen LogP contribution in [-0.2, 0) is 0 Å². The zero-order valence-electron chi connectivity index (χ0n) is 13.8. The summed E-state index contributed by atoms with van der Waals surface area (Å²) in [5.41, 5.74) is 7.19. The number of hydrogen-bond acceptors (Lipinski definition) is 6. The van der Waals surface area contributed by atoms with Crippen molar-refractivity contribution in [2.75, 3.05) is 20.0 Å². The lowest BCUT2D eigenvalue weighted by Gasteiger charge is -2.05. The van der Waals surface area contributed by atoms with Crippen molar-refractivity contribution in [3.05, 3.63) is 50.3 Å². The van der Waals surface area contributed by atoms with Crippen molar-refractivity contribution in [3.8, 4) is 11.5 Å². The Morgan fingerprint density at radius 3 is 2.31 bits per heavy atom. The summed E-state index contributed by atoms with van der Waals surface area (Å²) in [7, 11) is 3.15. The Kier molecular flexibility index (Phi) is 7.19. The van der Waals surface area contributed by atoms with Gasteiger partial charge in [-0.05, 0) is 55.6 Å². The van der Waals surface area contributed by atoms with Crippen LogP contribution < -0.4 is 15.2 Å². The third-order valence-corrected chi connectivity index (χ3v) is 4.73. The minimum Gasteiger partial charge on any atom is -0.495 e. The number of halogens is 3. The highest BCUT2D eigenvalue weighted by molar-refractivity contribution is 9.10. The summed E-state index contributed by atoms with van der Waals surface area (Å²) >= 11 is 12.3. The molecule has 26 heavy (non-hydrogen) atoms. The van der Waals surface area contributed by atoms with Crippen LogP contribution in [0.3, 0.4) is 0 Å². The molecule has 0 saturated carbocycles. The largest absolute Gasteiger partial charge is 0.495 e. The molecule has 0 aliphatic rings. The molecule has 0 atom stereocenters. The van der Waals surface area contributed by atoms with E-state index in [1.165, 1.54) is 0 Å². The molecule has 0 amide bonds. The first-order valence-corrected chi connectivity index (χ1v) is 9.10. The Balaban J connectivity index is 0.000000190. The summed E-state index contributed by atoms with van der Waals surface area (Å²) in [5, 5.41) is 1.16. The number of hydrogen-bond donors (Lipinski definition) is 1. The van der Waals surface area contributed by atoms with Crippen molar-refractivity contribution >= 4 is 66.3 Å². The average Bonchev–Trinajstić information content (AvgIpc) is 2.63. The van der Waals surface area contributed by atoms with Gasteiger partial charge in [-0.2, -0.15) is 0 Å². The zero-order chi connectivity index (χ0) is 19.3. The molecule has 0 aliphatic heterocycles. The Morgan fingerprint density at radius 2 is 1.69 bits per heavy atom. The number of anilines is 1. The van der Waals surface area contributed by atoms with Crippen molar-refractivity contribution in [1.82, 2.24) is 9.97 Å². The second kappa shape index (κ2) is 9.16. The molecule has 3 aromatic rings. The number of ether oxygens (including phenoxy) is 2. The van der Waals surface area contributed by atoms with Crippen molar-refractivity contribution in [3.63, 3.8) is 0 Å². The van der Waals surface area contributed by atoms with E-state index in [4.69, 9.17) is 26.8 Å². The van der Waals surface area contributed by atoms with Crippen LogP contribution in [0.5, 0.6) is 11.5 Å². The number of aromatic nitrogens is 2. The molecule has 2 aromatic carbocycles. The second-order valence-corrected chi connectivity index (χ2v) is 6.96. The van der Waals surface area contributed by atoms with E-state index in [0.29, 0.717) is 23.3 Å². The molecule has 0 aliphatic carbocycles. The fourth-order valence-corrected chi connectivity index (χ4v) is 3.19. The van der Waals surface area contributed by atoms with Crippen molar-refractivity contribution in [2.45, 2.75) is 0 Å². The van der Waals surface area contributed by atoms with Gasteiger partial charge in [0, 0.05) is 35.0 Å². The van der Waals surface area contributed by atoms with Crippen LogP contribution in [0.1, 0.15) is 10.4 Å². The topological polar surface area (TPSA) is 87.3 Å². The molecule has 0 unspecified atom stereocenters. The normalized spacial score (nSPS) is 10.0. The monoisotopic (exact) mass is 501 g/mol. The van der Waals surface area contributed by atoms with Gasteiger partial charge in [-0.3, -0.25) is 4.79 Å². The number of nitrogens with zero attached hydrogens (tertiary/aromatic N) is 2. The second-order valence-electron chi connectivity index (χ2n) is 4.92. The number of fused-ring (bicyclic) bond motifs is 1. The highest BCUT2D eigenvalue weighted by Gasteiger charge is 2.05. The fourth-order valence-electron chi connectivity index (χ4n) is 2.01. The molecule has 3 rings (SSSR count). The standard InChI is InChI=1S/C9H6BrClN2O.C8H8BrNO2/c1-14-8-3-7-5(2-6(8)10)4-12-9(11)13-7;1-12-8-3-7(10)5(4-11)2-6(8)9/h2-4H,1H3;2-4H,10H2,1H3. The lowest BCUT2D eigenvalue weighted by Crippen LogP contribution is -1.94.